The molecule has 0 saturated carbocycles. The fourth-order valence-corrected chi connectivity index (χ4v) is 2.92. The topological polar surface area (TPSA) is 125 Å². The SMILES string of the molecule is CCNC(=O)Nc1cc2c(-c3ccnc(O)c3)ccc(CNC(=O)OC)c2cn1. The molecule has 0 aliphatic carbocycles. The van der Waals surface area contributed by atoms with Crippen molar-refractivity contribution in [3.05, 3.63) is 48.3 Å². The first-order chi connectivity index (χ1) is 14.0. The number of ether oxygens (including phenoxy) is 1. The smallest absolute Gasteiger partial charge is 0.407 e. The quantitative estimate of drug-likeness (QED) is 0.526. The van der Waals surface area contributed by atoms with Crippen LogP contribution in [0.4, 0.5) is 15.4 Å². The lowest BCUT2D eigenvalue weighted by Crippen LogP contribution is -2.28. The maximum Gasteiger partial charge on any atom is 0.407 e. The molecule has 0 radical (unpaired) electrons. The highest BCUT2D eigenvalue weighted by molar-refractivity contribution is 6.01. The monoisotopic (exact) mass is 395 g/mol. The molecule has 0 aliphatic heterocycles. The molecule has 0 spiro atoms. The van der Waals surface area contributed by atoms with Gasteiger partial charge in [0.25, 0.3) is 0 Å². The number of alkyl carbamates (subject to hydrolysis) is 1. The first kappa shape index (κ1) is 19.9. The van der Waals surface area contributed by atoms with Crippen LogP contribution in [0.3, 0.4) is 0 Å². The Morgan fingerprint density at radius 2 is 1.93 bits per heavy atom. The summed E-state index contributed by atoms with van der Waals surface area (Å²) in [6.07, 6.45) is 2.61. The number of aromatic nitrogens is 2. The summed E-state index contributed by atoms with van der Waals surface area (Å²) in [5.74, 6) is 0.280. The zero-order valence-corrected chi connectivity index (χ0v) is 16.0. The van der Waals surface area contributed by atoms with Crippen LogP contribution in [0.25, 0.3) is 21.9 Å². The number of urea groups is 1. The molecule has 0 unspecified atom stereocenters. The number of aromatic hydroxyl groups is 1. The van der Waals surface area contributed by atoms with Gasteiger partial charge in [-0.05, 0) is 41.1 Å². The van der Waals surface area contributed by atoms with Gasteiger partial charge in [-0.2, -0.15) is 0 Å². The number of nitrogens with zero attached hydrogens (tertiary/aromatic N) is 2. The number of amides is 3. The number of benzene rings is 1. The van der Waals surface area contributed by atoms with Gasteiger partial charge < -0.3 is 20.5 Å². The van der Waals surface area contributed by atoms with Crippen molar-refractivity contribution < 1.29 is 19.4 Å². The molecule has 0 bridgehead atoms. The molecule has 150 valence electrons. The lowest BCUT2D eigenvalue weighted by molar-refractivity contribution is 0.170. The van der Waals surface area contributed by atoms with Crippen molar-refractivity contribution in [2.75, 3.05) is 19.0 Å². The van der Waals surface area contributed by atoms with Crippen LogP contribution >= 0.6 is 0 Å². The maximum absolute atomic E-state index is 11.9. The van der Waals surface area contributed by atoms with E-state index in [4.69, 9.17) is 0 Å². The van der Waals surface area contributed by atoms with Crippen LogP contribution in [-0.2, 0) is 11.3 Å². The third-order valence-electron chi connectivity index (χ3n) is 4.24. The first-order valence-corrected chi connectivity index (χ1v) is 8.95. The Morgan fingerprint density at radius 3 is 2.66 bits per heavy atom. The molecule has 3 amide bonds. The van der Waals surface area contributed by atoms with E-state index in [-0.39, 0.29) is 18.5 Å². The summed E-state index contributed by atoms with van der Waals surface area (Å²) in [7, 11) is 1.30. The molecule has 3 rings (SSSR count). The van der Waals surface area contributed by atoms with Crippen LogP contribution in [0.15, 0.2) is 42.7 Å². The largest absolute Gasteiger partial charge is 0.493 e. The van der Waals surface area contributed by atoms with Crippen molar-refractivity contribution in [2.45, 2.75) is 13.5 Å². The summed E-state index contributed by atoms with van der Waals surface area (Å²) >= 11 is 0. The standard InChI is InChI=1S/C20H21N5O4/c1-3-21-19(27)25-17-9-15-14(12-6-7-22-18(26)8-12)5-4-13(16(15)11-23-17)10-24-20(28)29-2/h4-9,11H,3,10H2,1-2H3,(H,22,26)(H,24,28)(H2,21,23,25,27). The summed E-state index contributed by atoms with van der Waals surface area (Å²) in [5.41, 5.74) is 2.40. The van der Waals surface area contributed by atoms with Crippen LogP contribution in [0.2, 0.25) is 0 Å². The fourth-order valence-electron chi connectivity index (χ4n) is 2.92. The van der Waals surface area contributed by atoms with Crippen molar-refractivity contribution in [3.8, 4) is 17.0 Å². The lowest BCUT2D eigenvalue weighted by Gasteiger charge is -2.14. The molecule has 3 aromatic rings. The Morgan fingerprint density at radius 1 is 1.10 bits per heavy atom. The summed E-state index contributed by atoms with van der Waals surface area (Å²) in [6.45, 7) is 2.56. The zero-order chi connectivity index (χ0) is 20.8. The second kappa shape index (κ2) is 8.87. The van der Waals surface area contributed by atoms with Crippen LogP contribution in [0.1, 0.15) is 12.5 Å². The van der Waals surface area contributed by atoms with E-state index in [1.807, 2.05) is 19.1 Å². The molecule has 9 heteroatoms. The minimum atomic E-state index is -0.538. The minimum absolute atomic E-state index is 0.0955. The summed E-state index contributed by atoms with van der Waals surface area (Å²) in [4.78, 5) is 31.4. The predicted molar refractivity (Wildman–Crippen MR) is 109 cm³/mol. The average molecular weight is 395 g/mol. The Kier molecular flexibility index (Phi) is 6.08. The predicted octanol–water partition coefficient (Wildman–Crippen LogP) is 3.00. The Balaban J connectivity index is 2.08. The van der Waals surface area contributed by atoms with Crippen molar-refractivity contribution in [3.63, 3.8) is 0 Å². The minimum Gasteiger partial charge on any atom is -0.493 e. The van der Waals surface area contributed by atoms with Crippen molar-refractivity contribution in [1.29, 1.82) is 0 Å². The number of carbonyl (C=O) groups is 2. The molecule has 0 aliphatic rings. The van der Waals surface area contributed by atoms with Gasteiger partial charge in [0.2, 0.25) is 5.88 Å². The van der Waals surface area contributed by atoms with Gasteiger partial charge in [0.15, 0.2) is 0 Å². The van der Waals surface area contributed by atoms with Crippen LogP contribution in [0.5, 0.6) is 5.88 Å². The first-order valence-electron chi connectivity index (χ1n) is 8.95. The highest BCUT2D eigenvalue weighted by Crippen LogP contribution is 2.32. The number of methoxy groups -OCH3 is 1. The van der Waals surface area contributed by atoms with Gasteiger partial charge in [0, 0.05) is 36.9 Å². The van der Waals surface area contributed by atoms with Gasteiger partial charge in [-0.15, -0.1) is 0 Å². The molecule has 2 heterocycles. The van der Waals surface area contributed by atoms with Gasteiger partial charge in [-0.3, -0.25) is 5.32 Å². The third kappa shape index (κ3) is 4.70. The number of nitrogens with one attached hydrogen (secondary N) is 3. The van der Waals surface area contributed by atoms with E-state index >= 15 is 0 Å². The lowest BCUT2D eigenvalue weighted by atomic mass is 9.96. The molecule has 0 saturated heterocycles. The molecule has 0 fully saturated rings. The Hall–Kier alpha value is -3.88. The zero-order valence-electron chi connectivity index (χ0n) is 16.0. The molecule has 2 aromatic heterocycles. The molecular formula is C20H21N5O4. The van der Waals surface area contributed by atoms with Gasteiger partial charge in [0.05, 0.1) is 7.11 Å². The number of pyridine rings is 2. The highest BCUT2D eigenvalue weighted by Gasteiger charge is 2.12. The van der Waals surface area contributed by atoms with Gasteiger partial charge >= 0.3 is 12.1 Å². The van der Waals surface area contributed by atoms with Gasteiger partial charge in [-0.25, -0.2) is 19.6 Å². The van der Waals surface area contributed by atoms with E-state index in [1.54, 1.807) is 24.4 Å². The van der Waals surface area contributed by atoms with E-state index in [1.165, 1.54) is 13.3 Å². The fraction of sp³-hybridized carbons (Fsp3) is 0.200. The summed E-state index contributed by atoms with van der Waals surface area (Å²) in [5, 5.41) is 19.3. The molecule has 4 N–H and O–H groups in total. The second-order valence-electron chi connectivity index (χ2n) is 6.12. The van der Waals surface area contributed by atoms with Crippen molar-refractivity contribution in [1.82, 2.24) is 20.6 Å². The normalized spacial score (nSPS) is 10.4. The number of rotatable bonds is 5. The number of carbonyl (C=O) groups excluding carboxylic acids is 2. The van der Waals surface area contributed by atoms with Crippen LogP contribution < -0.4 is 16.0 Å². The van der Waals surface area contributed by atoms with Crippen LogP contribution in [0, 0.1) is 0 Å². The molecule has 29 heavy (non-hydrogen) atoms. The van der Waals surface area contributed by atoms with E-state index in [0.29, 0.717) is 12.4 Å². The van der Waals surface area contributed by atoms with Gasteiger partial charge in [-0.1, -0.05) is 12.1 Å². The van der Waals surface area contributed by atoms with E-state index in [9.17, 15) is 14.7 Å². The number of fused-ring (bicyclic) bond motifs is 1. The Bertz CT molecular complexity index is 1050. The molecule has 1 aromatic carbocycles. The maximum atomic E-state index is 11.9. The third-order valence-corrected chi connectivity index (χ3v) is 4.24. The van der Waals surface area contributed by atoms with Gasteiger partial charge in [0.1, 0.15) is 5.82 Å². The molecule has 0 atom stereocenters. The molecular weight excluding hydrogens is 374 g/mol. The Labute approximate surface area is 167 Å². The van der Waals surface area contributed by atoms with E-state index in [2.05, 4.69) is 30.7 Å². The van der Waals surface area contributed by atoms with Crippen molar-refractivity contribution in [2.24, 2.45) is 0 Å². The summed E-state index contributed by atoms with van der Waals surface area (Å²) < 4.78 is 4.62. The average Bonchev–Trinajstić information content (AvgIpc) is 2.71. The number of hydrogen-bond acceptors (Lipinski definition) is 6. The van der Waals surface area contributed by atoms with E-state index < -0.39 is 6.09 Å². The number of hydrogen-bond donors (Lipinski definition) is 4. The van der Waals surface area contributed by atoms with Crippen molar-refractivity contribution >= 4 is 28.7 Å². The molecule has 9 nitrogen and oxygen atoms in total. The van der Waals surface area contributed by atoms with Crippen LogP contribution in [-0.4, -0.2) is 40.9 Å². The highest BCUT2D eigenvalue weighted by atomic mass is 16.5. The second-order valence-corrected chi connectivity index (χ2v) is 6.12. The van der Waals surface area contributed by atoms with E-state index in [0.717, 1.165) is 27.5 Å². The summed E-state index contributed by atoms with van der Waals surface area (Å²) in [6, 6.07) is 8.46. The number of anilines is 1.